The number of amides is 2. The monoisotopic (exact) mass is 441 g/mol. The van der Waals surface area contributed by atoms with Gasteiger partial charge in [-0.3, -0.25) is 23.5 Å². The normalized spacial score (nSPS) is 16.2. The predicted octanol–water partition coefficient (Wildman–Crippen LogP) is 1.59. The van der Waals surface area contributed by atoms with E-state index in [4.69, 9.17) is 11.6 Å². The molecule has 1 fully saturated rings. The minimum atomic E-state index is -0.595. The summed E-state index contributed by atoms with van der Waals surface area (Å²) in [6, 6.07) is 6.82. The van der Waals surface area contributed by atoms with Crippen LogP contribution in [0.4, 0.5) is 11.4 Å². The maximum absolute atomic E-state index is 13.0. The van der Waals surface area contributed by atoms with Gasteiger partial charge in [-0.1, -0.05) is 11.6 Å². The second-order valence-corrected chi connectivity index (χ2v) is 8.03. The molecule has 1 N–H and O–H groups in total. The number of carbonyl (C=O) groups excluding carboxylic acids is 2. The van der Waals surface area contributed by atoms with Crippen LogP contribution < -0.4 is 21.5 Å². The number of hydrogen-bond donors (Lipinski definition) is 1. The fourth-order valence-corrected chi connectivity index (χ4v) is 3.89. The highest BCUT2D eigenvalue weighted by atomic mass is 35.5. The minimum absolute atomic E-state index is 0.0486. The highest BCUT2D eigenvalue weighted by molar-refractivity contribution is 6.30. The van der Waals surface area contributed by atoms with E-state index in [1.165, 1.54) is 24.9 Å². The summed E-state index contributed by atoms with van der Waals surface area (Å²) < 4.78 is 2.23. The highest BCUT2D eigenvalue weighted by Gasteiger charge is 2.35. The Morgan fingerprint density at radius 3 is 2.48 bits per heavy atom. The molecule has 9 nitrogen and oxygen atoms in total. The van der Waals surface area contributed by atoms with Crippen molar-refractivity contribution >= 4 is 45.8 Å². The third-order valence-corrected chi connectivity index (χ3v) is 5.79. The average molecular weight is 442 g/mol. The number of nitrogens with one attached hydrogen (secondary N) is 1. The number of hydrogen-bond acceptors (Lipinski definition) is 5. The zero-order valence-corrected chi connectivity index (χ0v) is 17.9. The fraction of sp³-hybridized carbons (Fsp3) is 0.286. The Kier molecular flexibility index (Phi) is 5.14. The number of nitrogens with zero attached hydrogens (tertiary/aromatic N) is 4. The van der Waals surface area contributed by atoms with E-state index in [1.807, 2.05) is 0 Å². The number of carbonyl (C=O) groups is 2. The standard InChI is InChI=1S/C21H20ClN5O4/c1-11-9-23-18-16(20(30)26(3)21(31)25(18)2)17(11)24-19(29)12-8-15(28)27(10-12)14-6-4-13(22)5-7-14/h4-7,9,12H,8,10H2,1-3H3,(H,23,24,29). The smallest absolute Gasteiger partial charge is 0.325 e. The first kappa shape index (κ1) is 20.8. The fourth-order valence-electron chi connectivity index (χ4n) is 3.76. The lowest BCUT2D eigenvalue weighted by Crippen LogP contribution is -2.38. The Morgan fingerprint density at radius 2 is 1.81 bits per heavy atom. The van der Waals surface area contributed by atoms with Crippen LogP contribution in [0, 0.1) is 12.8 Å². The van der Waals surface area contributed by atoms with Crippen LogP contribution in [0.25, 0.3) is 11.0 Å². The van der Waals surface area contributed by atoms with Gasteiger partial charge in [-0.2, -0.15) is 0 Å². The van der Waals surface area contributed by atoms with Gasteiger partial charge < -0.3 is 10.2 Å². The second-order valence-electron chi connectivity index (χ2n) is 7.59. The molecule has 1 aromatic carbocycles. The molecule has 1 atom stereocenters. The Bertz CT molecular complexity index is 1340. The summed E-state index contributed by atoms with van der Waals surface area (Å²) in [5.41, 5.74) is 0.665. The van der Waals surface area contributed by atoms with E-state index in [0.717, 1.165) is 4.57 Å². The maximum Gasteiger partial charge on any atom is 0.332 e. The van der Waals surface area contributed by atoms with E-state index < -0.39 is 17.2 Å². The summed E-state index contributed by atoms with van der Waals surface area (Å²) in [5.74, 6) is -1.14. The van der Waals surface area contributed by atoms with Crippen molar-refractivity contribution in [1.29, 1.82) is 0 Å². The molecule has 160 valence electrons. The molecular formula is C21H20ClN5O4. The van der Waals surface area contributed by atoms with Gasteiger partial charge in [-0.05, 0) is 36.8 Å². The van der Waals surface area contributed by atoms with Crippen molar-refractivity contribution in [3.63, 3.8) is 0 Å². The van der Waals surface area contributed by atoms with Gasteiger partial charge in [0, 0.05) is 44.0 Å². The van der Waals surface area contributed by atoms with Gasteiger partial charge in [0.25, 0.3) is 5.56 Å². The molecule has 4 rings (SSSR count). The number of fused-ring (bicyclic) bond motifs is 1. The Balaban J connectivity index is 1.67. The Hall–Kier alpha value is -3.46. The number of benzene rings is 1. The maximum atomic E-state index is 13.0. The van der Waals surface area contributed by atoms with Gasteiger partial charge in [0.15, 0.2) is 5.65 Å². The average Bonchev–Trinajstić information content (AvgIpc) is 3.14. The molecule has 1 unspecified atom stereocenters. The van der Waals surface area contributed by atoms with Crippen LogP contribution in [0.5, 0.6) is 0 Å². The molecule has 0 saturated carbocycles. The molecule has 10 heteroatoms. The molecule has 2 amide bonds. The number of rotatable bonds is 3. The Labute approximate surface area is 181 Å². The highest BCUT2D eigenvalue weighted by Crippen LogP contribution is 2.28. The molecule has 1 aliphatic rings. The Morgan fingerprint density at radius 1 is 1.13 bits per heavy atom. The molecule has 3 heterocycles. The third kappa shape index (κ3) is 3.50. The van der Waals surface area contributed by atoms with Crippen LogP contribution in [0.1, 0.15) is 12.0 Å². The molecule has 3 aromatic rings. The zero-order valence-electron chi connectivity index (χ0n) is 17.2. The SMILES string of the molecule is Cc1cnc2c(c1NC(=O)C1CC(=O)N(c3ccc(Cl)cc3)C1)c(=O)n(C)c(=O)n2C. The van der Waals surface area contributed by atoms with Crippen LogP contribution >= 0.6 is 11.6 Å². The number of anilines is 2. The molecule has 1 aliphatic heterocycles. The van der Waals surface area contributed by atoms with E-state index in [2.05, 4.69) is 10.3 Å². The van der Waals surface area contributed by atoms with Crippen molar-refractivity contribution in [2.75, 3.05) is 16.8 Å². The minimum Gasteiger partial charge on any atom is -0.325 e. The lowest BCUT2D eigenvalue weighted by Gasteiger charge is -2.18. The predicted molar refractivity (Wildman–Crippen MR) is 118 cm³/mol. The summed E-state index contributed by atoms with van der Waals surface area (Å²) in [7, 11) is 2.88. The number of aromatic nitrogens is 3. The van der Waals surface area contributed by atoms with Crippen molar-refractivity contribution in [3.05, 3.63) is 61.9 Å². The van der Waals surface area contributed by atoms with Crippen molar-refractivity contribution in [2.45, 2.75) is 13.3 Å². The molecule has 0 spiro atoms. The summed E-state index contributed by atoms with van der Waals surface area (Å²) in [6.45, 7) is 1.93. The van der Waals surface area contributed by atoms with Crippen LogP contribution in [0.15, 0.2) is 40.1 Å². The molecule has 1 saturated heterocycles. The van der Waals surface area contributed by atoms with Gasteiger partial charge in [0.2, 0.25) is 11.8 Å². The second kappa shape index (κ2) is 7.66. The van der Waals surface area contributed by atoms with Gasteiger partial charge in [-0.25, -0.2) is 9.78 Å². The van der Waals surface area contributed by atoms with Crippen molar-refractivity contribution in [3.8, 4) is 0 Å². The van der Waals surface area contributed by atoms with E-state index >= 15 is 0 Å². The van der Waals surface area contributed by atoms with Crippen molar-refractivity contribution in [1.82, 2.24) is 14.1 Å². The van der Waals surface area contributed by atoms with Crippen molar-refractivity contribution < 1.29 is 9.59 Å². The summed E-state index contributed by atoms with van der Waals surface area (Å²) in [6.07, 6.45) is 1.55. The molecule has 2 aromatic heterocycles. The van der Waals surface area contributed by atoms with Gasteiger partial charge in [0.1, 0.15) is 5.39 Å². The quantitative estimate of drug-likeness (QED) is 0.664. The largest absolute Gasteiger partial charge is 0.332 e. The number of pyridine rings is 1. The summed E-state index contributed by atoms with van der Waals surface area (Å²) in [4.78, 5) is 56.3. The summed E-state index contributed by atoms with van der Waals surface area (Å²) >= 11 is 5.91. The first-order valence-electron chi connectivity index (χ1n) is 9.61. The zero-order chi connectivity index (χ0) is 22.4. The summed E-state index contributed by atoms with van der Waals surface area (Å²) in [5, 5.41) is 3.51. The topological polar surface area (TPSA) is 106 Å². The molecule has 0 radical (unpaired) electrons. The lowest BCUT2D eigenvalue weighted by molar-refractivity contribution is -0.122. The van der Waals surface area contributed by atoms with E-state index in [0.29, 0.717) is 22.0 Å². The molecule has 0 bridgehead atoms. The first-order valence-corrected chi connectivity index (χ1v) is 9.99. The molecule has 31 heavy (non-hydrogen) atoms. The molecule has 0 aliphatic carbocycles. The van der Waals surface area contributed by atoms with Crippen LogP contribution in [-0.4, -0.2) is 32.5 Å². The van der Waals surface area contributed by atoms with E-state index in [-0.39, 0.29) is 35.8 Å². The van der Waals surface area contributed by atoms with Gasteiger partial charge >= 0.3 is 5.69 Å². The van der Waals surface area contributed by atoms with Crippen molar-refractivity contribution in [2.24, 2.45) is 20.0 Å². The molecular weight excluding hydrogens is 422 g/mol. The van der Waals surface area contributed by atoms with Crippen LogP contribution in [0.2, 0.25) is 5.02 Å². The van der Waals surface area contributed by atoms with Gasteiger partial charge in [-0.15, -0.1) is 0 Å². The number of aryl methyl sites for hydroxylation is 2. The van der Waals surface area contributed by atoms with E-state index in [1.54, 1.807) is 36.1 Å². The van der Waals surface area contributed by atoms with Crippen LogP contribution in [0.3, 0.4) is 0 Å². The third-order valence-electron chi connectivity index (χ3n) is 5.54. The lowest BCUT2D eigenvalue weighted by atomic mass is 10.1. The van der Waals surface area contributed by atoms with Gasteiger partial charge in [0.05, 0.1) is 11.6 Å². The number of halogens is 1. The first-order chi connectivity index (χ1) is 14.7. The van der Waals surface area contributed by atoms with Crippen LogP contribution in [-0.2, 0) is 23.7 Å². The van der Waals surface area contributed by atoms with E-state index in [9.17, 15) is 19.2 Å².